The van der Waals surface area contributed by atoms with Gasteiger partial charge in [-0.15, -0.1) is 0 Å². The van der Waals surface area contributed by atoms with Gasteiger partial charge in [0, 0.05) is 19.3 Å². The van der Waals surface area contributed by atoms with Crippen LogP contribution in [0.4, 0.5) is 0 Å². The third-order valence-corrected chi connectivity index (χ3v) is 14.1. The maximum atomic E-state index is 12.9. The predicted octanol–water partition coefficient (Wildman–Crippen LogP) is 23.3. The minimum atomic E-state index is -0.809. The van der Waals surface area contributed by atoms with Gasteiger partial charge in [-0.1, -0.05) is 276 Å². The zero-order valence-corrected chi connectivity index (χ0v) is 52.8. The SMILES string of the molecule is CC/C=C\C/C=C\C/C=C\C/C=C\C/C=C\C/C=C\C/C=C\C/C=C\CCCCC(=O)OCC(COC(=O)CCCCCCC/C=C\C/C=C\CCCCC)OC(=O)CCCCCCCCCCC/C=C\CCCCCCCCCC. The van der Waals surface area contributed by atoms with E-state index in [2.05, 4.69) is 154 Å². The number of unbranched alkanes of at least 4 members (excludes halogenated alkanes) is 27. The molecule has 0 saturated carbocycles. The summed E-state index contributed by atoms with van der Waals surface area (Å²) >= 11 is 0. The normalized spacial score (nSPS) is 13.0. The second-order valence-electron chi connectivity index (χ2n) is 22.0. The van der Waals surface area contributed by atoms with Crippen LogP contribution in [0.5, 0.6) is 0 Å². The summed E-state index contributed by atoms with van der Waals surface area (Å²) in [7, 11) is 0. The third kappa shape index (κ3) is 66.2. The summed E-state index contributed by atoms with van der Waals surface area (Å²) in [4.78, 5) is 38.4. The third-order valence-electron chi connectivity index (χ3n) is 14.1. The van der Waals surface area contributed by atoms with E-state index in [1.54, 1.807) is 0 Å². The van der Waals surface area contributed by atoms with Crippen LogP contribution in [0, 0.1) is 0 Å². The molecule has 0 radical (unpaired) electrons. The molecule has 0 amide bonds. The average Bonchev–Trinajstić information content (AvgIpc) is 3.47. The minimum Gasteiger partial charge on any atom is -0.462 e. The van der Waals surface area contributed by atoms with Crippen LogP contribution in [-0.2, 0) is 28.6 Å². The van der Waals surface area contributed by atoms with Crippen molar-refractivity contribution in [1.82, 2.24) is 0 Å². The molecule has 0 aliphatic heterocycles. The molecule has 0 aromatic rings. The molecule has 0 rings (SSSR count). The fraction of sp³-hybridized carbons (Fsp3) is 0.667. The highest BCUT2D eigenvalue weighted by Crippen LogP contribution is 2.15. The number of carbonyl (C=O) groups is 3. The summed E-state index contributed by atoms with van der Waals surface area (Å²) < 4.78 is 16.9. The molecular weight excluding hydrogens is 997 g/mol. The Hall–Kier alpha value is -4.45. The maximum absolute atomic E-state index is 12.9. The minimum absolute atomic E-state index is 0.103. The van der Waals surface area contributed by atoms with Crippen LogP contribution in [0.1, 0.15) is 303 Å². The van der Waals surface area contributed by atoms with E-state index in [9.17, 15) is 14.4 Å². The molecule has 0 heterocycles. The van der Waals surface area contributed by atoms with Crippen molar-refractivity contribution in [2.75, 3.05) is 13.2 Å². The lowest BCUT2D eigenvalue weighted by Crippen LogP contribution is -2.30. The average molecular weight is 1120 g/mol. The van der Waals surface area contributed by atoms with E-state index in [-0.39, 0.29) is 31.1 Å². The number of carbonyl (C=O) groups excluding carboxylic acids is 3. The Morgan fingerprint density at radius 3 is 0.815 bits per heavy atom. The molecule has 0 aromatic carbocycles. The van der Waals surface area contributed by atoms with E-state index in [1.165, 1.54) is 128 Å². The molecule has 0 N–H and O–H groups in total. The lowest BCUT2D eigenvalue weighted by atomic mass is 10.1. The van der Waals surface area contributed by atoms with Crippen molar-refractivity contribution in [3.8, 4) is 0 Å². The van der Waals surface area contributed by atoms with Crippen molar-refractivity contribution < 1.29 is 28.6 Å². The van der Waals surface area contributed by atoms with E-state index in [1.807, 2.05) is 0 Å². The molecule has 1 unspecified atom stereocenters. The summed E-state index contributed by atoms with van der Waals surface area (Å²) in [6.45, 7) is 6.47. The Morgan fingerprint density at radius 2 is 0.481 bits per heavy atom. The Labute approximate surface area is 500 Å². The van der Waals surface area contributed by atoms with Crippen molar-refractivity contribution in [3.63, 3.8) is 0 Å². The molecule has 460 valence electrons. The molecule has 0 bridgehead atoms. The van der Waals surface area contributed by atoms with E-state index in [0.717, 1.165) is 128 Å². The van der Waals surface area contributed by atoms with Gasteiger partial charge in [0.1, 0.15) is 13.2 Å². The molecule has 0 fully saturated rings. The van der Waals surface area contributed by atoms with Crippen LogP contribution in [-0.4, -0.2) is 37.2 Å². The van der Waals surface area contributed by atoms with Crippen LogP contribution in [0.25, 0.3) is 0 Å². The molecule has 6 heteroatoms. The van der Waals surface area contributed by atoms with E-state index in [4.69, 9.17) is 14.2 Å². The lowest BCUT2D eigenvalue weighted by molar-refractivity contribution is -0.167. The summed E-state index contributed by atoms with van der Waals surface area (Å²) in [5.74, 6) is -0.958. The summed E-state index contributed by atoms with van der Waals surface area (Å²) in [6, 6.07) is 0. The van der Waals surface area contributed by atoms with Crippen molar-refractivity contribution in [2.24, 2.45) is 0 Å². The van der Waals surface area contributed by atoms with Gasteiger partial charge in [-0.05, 0) is 141 Å². The summed E-state index contributed by atoms with van der Waals surface area (Å²) in [5.41, 5.74) is 0. The molecule has 0 aromatic heterocycles. The zero-order chi connectivity index (χ0) is 58.5. The van der Waals surface area contributed by atoms with Gasteiger partial charge in [-0.3, -0.25) is 14.4 Å². The fourth-order valence-corrected chi connectivity index (χ4v) is 9.07. The molecule has 0 spiro atoms. The van der Waals surface area contributed by atoms with Crippen LogP contribution >= 0.6 is 0 Å². The molecule has 0 saturated heterocycles. The highest BCUT2D eigenvalue weighted by atomic mass is 16.6. The van der Waals surface area contributed by atoms with Crippen molar-refractivity contribution in [3.05, 3.63) is 134 Å². The largest absolute Gasteiger partial charge is 0.462 e. The standard InChI is InChI=1S/C75H124O6/c1-4-7-10-13-16-19-22-25-28-30-32-34-35-36-37-38-39-41-42-44-47-50-53-56-59-62-65-68-74(77)80-71-72(70-79-73(76)67-64-61-58-55-52-49-46-27-24-21-18-15-12-9-6-3)81-75(78)69-66-63-60-57-54-51-48-45-43-40-33-31-29-26-23-20-17-14-11-8-5-2/h7,10,16,18-19,21,25,27-28,31-34,36-37,39,41,44,46-47,53,56,72H,4-6,8-9,11-15,17,20,22-24,26,29-30,35,38,40,42-43,45,48-52,54-55,57-71H2,1-3H3/b10-7-,19-16-,21-18-,28-25-,33-31-,34-32-,37-36-,41-39-,46-27-,47-44-,56-53-. The van der Waals surface area contributed by atoms with Gasteiger partial charge < -0.3 is 14.2 Å². The Balaban J connectivity index is 4.47. The number of hydrogen-bond donors (Lipinski definition) is 0. The van der Waals surface area contributed by atoms with Crippen LogP contribution in [0.15, 0.2) is 134 Å². The first-order valence-electron chi connectivity index (χ1n) is 33.7. The highest BCUT2D eigenvalue weighted by Gasteiger charge is 2.19. The smallest absolute Gasteiger partial charge is 0.306 e. The van der Waals surface area contributed by atoms with E-state index >= 15 is 0 Å². The number of allylic oxidation sites excluding steroid dienone is 22. The van der Waals surface area contributed by atoms with Gasteiger partial charge in [0.05, 0.1) is 0 Å². The first kappa shape index (κ1) is 76.5. The second-order valence-corrected chi connectivity index (χ2v) is 22.0. The van der Waals surface area contributed by atoms with Gasteiger partial charge in [0.15, 0.2) is 6.10 Å². The van der Waals surface area contributed by atoms with Crippen LogP contribution in [0.2, 0.25) is 0 Å². The van der Waals surface area contributed by atoms with Crippen molar-refractivity contribution in [2.45, 2.75) is 309 Å². The number of rotatable bonds is 60. The van der Waals surface area contributed by atoms with Crippen molar-refractivity contribution >= 4 is 17.9 Å². The first-order valence-corrected chi connectivity index (χ1v) is 33.7. The zero-order valence-electron chi connectivity index (χ0n) is 52.8. The number of esters is 3. The topological polar surface area (TPSA) is 78.9 Å². The lowest BCUT2D eigenvalue weighted by Gasteiger charge is -2.18. The van der Waals surface area contributed by atoms with Crippen LogP contribution < -0.4 is 0 Å². The number of ether oxygens (including phenoxy) is 3. The van der Waals surface area contributed by atoms with Gasteiger partial charge in [0.25, 0.3) is 0 Å². The molecule has 6 nitrogen and oxygen atoms in total. The molecule has 1 atom stereocenters. The number of hydrogen-bond acceptors (Lipinski definition) is 6. The maximum Gasteiger partial charge on any atom is 0.306 e. The monoisotopic (exact) mass is 1120 g/mol. The van der Waals surface area contributed by atoms with Crippen molar-refractivity contribution in [1.29, 1.82) is 0 Å². The first-order chi connectivity index (χ1) is 40.0. The second kappa shape index (κ2) is 68.1. The highest BCUT2D eigenvalue weighted by molar-refractivity contribution is 5.71. The molecular formula is C75H124O6. The van der Waals surface area contributed by atoms with Crippen LogP contribution in [0.3, 0.4) is 0 Å². The van der Waals surface area contributed by atoms with Gasteiger partial charge >= 0.3 is 17.9 Å². The quantitative estimate of drug-likeness (QED) is 0.0261. The predicted molar refractivity (Wildman–Crippen MR) is 353 cm³/mol. The Morgan fingerprint density at radius 1 is 0.259 bits per heavy atom. The summed E-state index contributed by atoms with van der Waals surface area (Å²) in [5, 5.41) is 0. The Bertz CT molecular complexity index is 1720. The molecule has 81 heavy (non-hydrogen) atoms. The van der Waals surface area contributed by atoms with Gasteiger partial charge in [0.2, 0.25) is 0 Å². The van der Waals surface area contributed by atoms with E-state index < -0.39 is 6.10 Å². The van der Waals surface area contributed by atoms with Gasteiger partial charge in [-0.2, -0.15) is 0 Å². The van der Waals surface area contributed by atoms with Gasteiger partial charge in [-0.25, -0.2) is 0 Å². The summed E-state index contributed by atoms with van der Waals surface area (Å²) in [6.07, 6.45) is 96.0. The molecule has 0 aliphatic carbocycles. The fourth-order valence-electron chi connectivity index (χ4n) is 9.07. The Kier molecular flexibility index (Phi) is 64.3. The van der Waals surface area contributed by atoms with E-state index in [0.29, 0.717) is 25.7 Å². The molecule has 0 aliphatic rings.